The summed E-state index contributed by atoms with van der Waals surface area (Å²) >= 11 is 0. The van der Waals surface area contributed by atoms with Crippen LogP contribution in [0, 0.1) is 12.8 Å². The highest BCUT2D eigenvalue weighted by atomic mass is 16.5. The van der Waals surface area contributed by atoms with E-state index < -0.39 is 0 Å². The number of nitrogens with one attached hydrogen (secondary N) is 1. The first-order valence-electron chi connectivity index (χ1n) is 12.6. The van der Waals surface area contributed by atoms with Crippen LogP contribution in [-0.2, 0) is 0 Å². The molecule has 1 N–H and O–H groups in total. The van der Waals surface area contributed by atoms with E-state index in [4.69, 9.17) is 4.74 Å². The van der Waals surface area contributed by atoms with Crippen LogP contribution in [0.3, 0.4) is 0 Å². The van der Waals surface area contributed by atoms with Crippen molar-refractivity contribution in [3.63, 3.8) is 0 Å². The molecule has 1 aliphatic heterocycles. The van der Waals surface area contributed by atoms with Gasteiger partial charge in [-0.15, -0.1) is 5.10 Å². The number of hydrogen-bond acceptors (Lipinski definition) is 7. The van der Waals surface area contributed by atoms with Crippen LogP contribution in [0.5, 0.6) is 5.75 Å². The van der Waals surface area contributed by atoms with E-state index in [1.54, 1.807) is 28.6 Å². The summed E-state index contributed by atoms with van der Waals surface area (Å²) < 4.78 is 8.76. The SMILES string of the molecule is COc1cc(-c2cn(C(C)n3ccc(N4CCC[C@@H](NCC5CCC5)C4)cc3=O)nn2)cnc1C. The first-order valence-corrected chi connectivity index (χ1v) is 12.6. The van der Waals surface area contributed by atoms with Crippen LogP contribution < -0.4 is 20.5 Å². The molecule has 9 heteroatoms. The van der Waals surface area contributed by atoms with Crippen molar-refractivity contribution in [3.05, 3.63) is 52.8 Å². The van der Waals surface area contributed by atoms with Crippen molar-refractivity contribution in [1.29, 1.82) is 0 Å². The van der Waals surface area contributed by atoms with Crippen molar-refractivity contribution in [2.75, 3.05) is 31.6 Å². The third-order valence-corrected chi connectivity index (χ3v) is 7.49. The summed E-state index contributed by atoms with van der Waals surface area (Å²) in [5, 5.41) is 12.3. The zero-order valence-electron chi connectivity index (χ0n) is 20.9. The van der Waals surface area contributed by atoms with E-state index >= 15 is 0 Å². The van der Waals surface area contributed by atoms with E-state index in [2.05, 4.69) is 25.5 Å². The van der Waals surface area contributed by atoms with Crippen LogP contribution in [-0.4, -0.2) is 57.3 Å². The Labute approximate surface area is 206 Å². The molecule has 4 heterocycles. The Balaban J connectivity index is 1.27. The Kier molecular flexibility index (Phi) is 6.86. The molecule has 3 aromatic rings. The molecule has 0 amide bonds. The molecular formula is C26H35N7O2. The predicted molar refractivity (Wildman–Crippen MR) is 136 cm³/mol. The highest BCUT2D eigenvalue weighted by Gasteiger charge is 2.23. The zero-order chi connectivity index (χ0) is 24.4. The first-order chi connectivity index (χ1) is 17.0. The van der Waals surface area contributed by atoms with Crippen LogP contribution in [0.2, 0.25) is 0 Å². The van der Waals surface area contributed by atoms with E-state index in [0.717, 1.165) is 48.9 Å². The second kappa shape index (κ2) is 10.2. The van der Waals surface area contributed by atoms with Gasteiger partial charge in [0.2, 0.25) is 0 Å². The van der Waals surface area contributed by atoms with Gasteiger partial charge in [-0.3, -0.25) is 14.3 Å². The smallest absolute Gasteiger partial charge is 0.254 e. The molecule has 186 valence electrons. The van der Waals surface area contributed by atoms with Crippen LogP contribution in [0.1, 0.15) is 50.9 Å². The number of pyridine rings is 2. The number of nitrogens with zero attached hydrogens (tertiary/aromatic N) is 6. The quantitative estimate of drug-likeness (QED) is 0.533. The normalized spacial score (nSPS) is 19.4. The minimum atomic E-state index is -0.309. The van der Waals surface area contributed by atoms with Gasteiger partial charge >= 0.3 is 0 Å². The van der Waals surface area contributed by atoms with Crippen molar-refractivity contribution >= 4 is 5.69 Å². The average molecular weight is 478 g/mol. The number of aryl methyl sites for hydroxylation is 1. The number of hydrogen-bond donors (Lipinski definition) is 1. The first kappa shape index (κ1) is 23.5. The predicted octanol–water partition coefficient (Wildman–Crippen LogP) is 3.24. The van der Waals surface area contributed by atoms with Gasteiger partial charge in [0, 0.05) is 48.8 Å². The molecule has 2 fully saturated rings. The lowest BCUT2D eigenvalue weighted by Gasteiger charge is -2.36. The summed E-state index contributed by atoms with van der Waals surface area (Å²) in [4.78, 5) is 19.8. The molecule has 0 bridgehead atoms. The van der Waals surface area contributed by atoms with Gasteiger partial charge < -0.3 is 15.0 Å². The standard InChI is InChI=1S/C26H35N7O2/c1-18-25(35-3)12-21(15-27-18)24-17-33(30-29-24)19(2)32-11-9-23(13-26(32)34)31-10-5-8-22(16-31)28-14-20-6-4-7-20/h9,11-13,15,17,19-20,22,28H,4-8,10,14,16H2,1-3H3/t19?,22-/m1/s1. The lowest BCUT2D eigenvalue weighted by molar-refractivity contribution is 0.280. The zero-order valence-corrected chi connectivity index (χ0v) is 20.9. The summed E-state index contributed by atoms with van der Waals surface area (Å²) in [7, 11) is 1.62. The minimum absolute atomic E-state index is 0.0460. The number of ether oxygens (including phenoxy) is 1. The fraction of sp³-hybridized carbons (Fsp3) is 0.538. The third kappa shape index (κ3) is 5.10. The van der Waals surface area contributed by atoms with Crippen LogP contribution >= 0.6 is 0 Å². The van der Waals surface area contributed by atoms with Crippen molar-refractivity contribution in [3.8, 4) is 17.0 Å². The molecule has 1 saturated heterocycles. The largest absolute Gasteiger partial charge is 0.495 e. The van der Waals surface area contributed by atoms with Gasteiger partial charge in [0.1, 0.15) is 17.6 Å². The van der Waals surface area contributed by atoms with Gasteiger partial charge in [0.05, 0.1) is 19.0 Å². The third-order valence-electron chi connectivity index (χ3n) is 7.49. The molecule has 35 heavy (non-hydrogen) atoms. The number of aromatic nitrogens is 5. The Hall–Kier alpha value is -3.20. The summed E-state index contributed by atoms with van der Waals surface area (Å²) in [5.41, 5.74) is 3.26. The average Bonchev–Trinajstić information content (AvgIpc) is 3.33. The summed E-state index contributed by atoms with van der Waals surface area (Å²) in [6.45, 7) is 6.90. The minimum Gasteiger partial charge on any atom is -0.495 e. The van der Waals surface area contributed by atoms with Gasteiger partial charge in [-0.1, -0.05) is 11.6 Å². The lowest BCUT2D eigenvalue weighted by atomic mass is 9.85. The van der Waals surface area contributed by atoms with E-state index in [0.29, 0.717) is 17.5 Å². The lowest BCUT2D eigenvalue weighted by Crippen LogP contribution is -2.47. The molecule has 2 aliphatic rings. The van der Waals surface area contributed by atoms with Gasteiger partial charge in [-0.2, -0.15) is 0 Å². The summed E-state index contributed by atoms with van der Waals surface area (Å²) in [5.74, 6) is 1.56. The molecule has 0 spiro atoms. The molecule has 1 saturated carbocycles. The van der Waals surface area contributed by atoms with Crippen LogP contribution in [0.25, 0.3) is 11.3 Å². The van der Waals surface area contributed by atoms with E-state index in [1.807, 2.05) is 38.4 Å². The number of anilines is 1. The van der Waals surface area contributed by atoms with Gasteiger partial charge in [0.25, 0.3) is 5.56 Å². The van der Waals surface area contributed by atoms with Crippen LogP contribution in [0.4, 0.5) is 5.69 Å². The Morgan fingerprint density at radius 3 is 2.83 bits per heavy atom. The summed E-state index contributed by atoms with van der Waals surface area (Å²) in [6, 6.07) is 6.18. The van der Waals surface area contributed by atoms with Crippen molar-refractivity contribution in [2.45, 2.75) is 58.2 Å². The molecule has 5 rings (SSSR count). The van der Waals surface area contributed by atoms with E-state index in [-0.39, 0.29) is 11.7 Å². The Morgan fingerprint density at radius 2 is 2.09 bits per heavy atom. The van der Waals surface area contributed by atoms with Gasteiger partial charge in [-0.05, 0) is 64.1 Å². The maximum absolute atomic E-state index is 13.1. The maximum atomic E-state index is 13.1. The number of piperidine rings is 1. The van der Waals surface area contributed by atoms with Gasteiger partial charge in [0.15, 0.2) is 0 Å². The second-order valence-corrected chi connectivity index (χ2v) is 9.85. The van der Waals surface area contributed by atoms with E-state index in [9.17, 15) is 4.79 Å². The monoisotopic (exact) mass is 477 g/mol. The summed E-state index contributed by atoms with van der Waals surface area (Å²) in [6.07, 6.45) is 11.6. The second-order valence-electron chi connectivity index (χ2n) is 9.85. The van der Waals surface area contributed by atoms with Crippen molar-refractivity contribution in [1.82, 2.24) is 29.9 Å². The van der Waals surface area contributed by atoms with Crippen molar-refractivity contribution < 1.29 is 4.74 Å². The molecule has 1 unspecified atom stereocenters. The fourth-order valence-electron chi connectivity index (χ4n) is 4.97. The van der Waals surface area contributed by atoms with E-state index in [1.165, 1.54) is 25.7 Å². The number of rotatable bonds is 8. The number of methoxy groups -OCH3 is 1. The van der Waals surface area contributed by atoms with Gasteiger partial charge in [-0.25, -0.2) is 4.68 Å². The van der Waals surface area contributed by atoms with Crippen LogP contribution in [0.15, 0.2) is 41.6 Å². The molecule has 0 radical (unpaired) electrons. The fourth-order valence-corrected chi connectivity index (χ4v) is 4.97. The molecular weight excluding hydrogens is 442 g/mol. The Bertz CT molecular complexity index is 1220. The molecule has 1 aliphatic carbocycles. The topological polar surface area (TPSA) is 90.1 Å². The highest BCUT2D eigenvalue weighted by molar-refractivity contribution is 5.59. The maximum Gasteiger partial charge on any atom is 0.254 e. The Morgan fingerprint density at radius 1 is 1.23 bits per heavy atom. The molecule has 2 atom stereocenters. The van der Waals surface area contributed by atoms with Crippen molar-refractivity contribution in [2.24, 2.45) is 5.92 Å². The molecule has 3 aromatic heterocycles. The molecule has 9 nitrogen and oxygen atoms in total. The molecule has 0 aromatic carbocycles. The highest BCUT2D eigenvalue weighted by Crippen LogP contribution is 2.27.